The van der Waals surface area contributed by atoms with Crippen LogP contribution in [0, 0.1) is 0 Å². The molecule has 2 rings (SSSR count). The molecule has 15 heavy (non-hydrogen) atoms. The summed E-state index contributed by atoms with van der Waals surface area (Å²) in [6.45, 7) is 2.03. The number of pyridine rings is 1. The second kappa shape index (κ2) is 3.86. The largest absolute Gasteiger partial charge is 0.460 e. The highest BCUT2D eigenvalue weighted by atomic mass is 35.5. The van der Waals surface area contributed by atoms with Gasteiger partial charge in [0.1, 0.15) is 0 Å². The third kappa shape index (κ3) is 1.66. The Morgan fingerprint density at radius 2 is 2.40 bits per heavy atom. The van der Waals surface area contributed by atoms with Crippen LogP contribution in [0.25, 0.3) is 5.65 Å². The van der Waals surface area contributed by atoms with Crippen molar-refractivity contribution in [1.29, 1.82) is 0 Å². The first kappa shape index (κ1) is 9.92. The quantitative estimate of drug-likeness (QED) is 0.728. The molecule has 0 fully saturated rings. The Hall–Kier alpha value is -1.62. The predicted molar refractivity (Wildman–Crippen MR) is 54.0 cm³/mol. The fourth-order valence-electron chi connectivity index (χ4n) is 1.22. The van der Waals surface area contributed by atoms with Crippen molar-refractivity contribution in [2.24, 2.45) is 0 Å². The van der Waals surface area contributed by atoms with Gasteiger partial charge in [-0.3, -0.25) is 4.40 Å². The number of halogens is 1. The van der Waals surface area contributed by atoms with Crippen LogP contribution in [0.1, 0.15) is 17.5 Å². The van der Waals surface area contributed by atoms with E-state index in [2.05, 4.69) is 10.2 Å². The number of nitrogens with zero attached hydrogens (tertiary/aromatic N) is 3. The van der Waals surface area contributed by atoms with Gasteiger partial charge in [0.15, 0.2) is 5.65 Å². The van der Waals surface area contributed by atoms with E-state index >= 15 is 0 Å². The number of carbonyl (C=O) groups is 1. The van der Waals surface area contributed by atoms with E-state index in [1.165, 1.54) is 4.40 Å². The smallest absolute Gasteiger partial charge is 0.376 e. The van der Waals surface area contributed by atoms with Gasteiger partial charge in [-0.05, 0) is 19.1 Å². The Labute approximate surface area is 90.6 Å². The summed E-state index contributed by atoms with van der Waals surface area (Å²) in [5, 5.41) is 7.98. The molecule has 2 aromatic heterocycles. The molecule has 0 aliphatic heterocycles. The lowest BCUT2D eigenvalue weighted by Crippen LogP contribution is -2.09. The van der Waals surface area contributed by atoms with Crippen molar-refractivity contribution in [2.45, 2.75) is 6.92 Å². The molecule has 0 amide bonds. The fourth-order valence-corrected chi connectivity index (χ4v) is 1.42. The van der Waals surface area contributed by atoms with Crippen LogP contribution in [0.5, 0.6) is 0 Å². The van der Waals surface area contributed by atoms with Gasteiger partial charge in [-0.25, -0.2) is 4.79 Å². The van der Waals surface area contributed by atoms with Gasteiger partial charge in [0.05, 0.1) is 11.6 Å². The van der Waals surface area contributed by atoms with E-state index in [-0.39, 0.29) is 5.82 Å². The van der Waals surface area contributed by atoms with Crippen LogP contribution in [-0.2, 0) is 4.74 Å². The lowest BCUT2D eigenvalue weighted by molar-refractivity contribution is 0.0510. The zero-order valence-electron chi connectivity index (χ0n) is 7.98. The molecule has 2 aromatic rings. The first-order valence-electron chi connectivity index (χ1n) is 4.40. The second-order valence-corrected chi connectivity index (χ2v) is 3.20. The first-order chi connectivity index (χ1) is 7.24. The Kier molecular flexibility index (Phi) is 2.55. The Morgan fingerprint density at radius 1 is 1.60 bits per heavy atom. The average molecular weight is 226 g/mol. The maximum absolute atomic E-state index is 11.4. The molecule has 0 unspecified atom stereocenters. The minimum Gasteiger partial charge on any atom is -0.460 e. The number of carbonyl (C=O) groups excluding carboxylic acids is 1. The third-order valence-corrected chi connectivity index (χ3v) is 2.14. The summed E-state index contributed by atoms with van der Waals surface area (Å²) in [5.41, 5.74) is 0.446. The van der Waals surface area contributed by atoms with Crippen LogP contribution in [-0.4, -0.2) is 27.2 Å². The van der Waals surface area contributed by atoms with E-state index in [4.69, 9.17) is 16.3 Å². The van der Waals surface area contributed by atoms with E-state index < -0.39 is 5.97 Å². The van der Waals surface area contributed by atoms with E-state index in [0.717, 1.165) is 0 Å². The molecule has 0 spiro atoms. The summed E-state index contributed by atoms with van der Waals surface area (Å²) in [7, 11) is 0. The molecular formula is C9H8ClN3O2. The molecule has 0 saturated carbocycles. The fraction of sp³-hybridized carbons (Fsp3) is 0.222. The highest BCUT2D eigenvalue weighted by Gasteiger charge is 2.16. The zero-order chi connectivity index (χ0) is 10.8. The molecule has 6 heteroatoms. The molecule has 0 atom stereocenters. The first-order valence-corrected chi connectivity index (χ1v) is 4.78. The molecule has 2 heterocycles. The molecule has 0 bridgehead atoms. The molecule has 0 aliphatic rings. The summed E-state index contributed by atoms with van der Waals surface area (Å²) < 4.78 is 6.33. The Bertz CT molecular complexity index is 509. The Balaban J connectivity index is 2.54. The monoisotopic (exact) mass is 225 g/mol. The number of hydrogen-bond donors (Lipinski definition) is 0. The van der Waals surface area contributed by atoms with Gasteiger partial charge in [0.25, 0.3) is 0 Å². The molecule has 0 N–H and O–H groups in total. The number of hydrogen-bond acceptors (Lipinski definition) is 4. The van der Waals surface area contributed by atoms with Crippen molar-refractivity contribution in [3.8, 4) is 0 Å². The number of ether oxygens (including phenoxy) is 1. The topological polar surface area (TPSA) is 56.5 Å². The van der Waals surface area contributed by atoms with Crippen LogP contribution >= 0.6 is 11.6 Å². The normalized spacial score (nSPS) is 10.5. The number of esters is 1. The third-order valence-electron chi connectivity index (χ3n) is 1.85. The van der Waals surface area contributed by atoms with Crippen LogP contribution in [0.4, 0.5) is 0 Å². The van der Waals surface area contributed by atoms with E-state index in [1.54, 1.807) is 25.3 Å². The van der Waals surface area contributed by atoms with E-state index in [1.807, 2.05) is 0 Å². The summed E-state index contributed by atoms with van der Waals surface area (Å²) in [4.78, 5) is 11.4. The van der Waals surface area contributed by atoms with Crippen molar-refractivity contribution in [1.82, 2.24) is 14.6 Å². The minimum atomic E-state index is -0.507. The van der Waals surface area contributed by atoms with Crippen LogP contribution in [0.3, 0.4) is 0 Å². The lowest BCUT2D eigenvalue weighted by Gasteiger charge is -1.99. The van der Waals surface area contributed by atoms with Gasteiger partial charge in [-0.15, -0.1) is 10.2 Å². The van der Waals surface area contributed by atoms with Gasteiger partial charge in [-0.1, -0.05) is 11.6 Å². The van der Waals surface area contributed by atoms with E-state index in [0.29, 0.717) is 17.3 Å². The molecule has 0 aliphatic carbocycles. The van der Waals surface area contributed by atoms with Crippen molar-refractivity contribution < 1.29 is 9.53 Å². The van der Waals surface area contributed by atoms with Crippen molar-refractivity contribution in [2.75, 3.05) is 6.61 Å². The highest BCUT2D eigenvalue weighted by Crippen LogP contribution is 2.15. The Morgan fingerprint density at radius 3 is 3.13 bits per heavy atom. The van der Waals surface area contributed by atoms with E-state index in [9.17, 15) is 4.79 Å². The van der Waals surface area contributed by atoms with Gasteiger partial charge < -0.3 is 4.74 Å². The number of fused-ring (bicyclic) bond motifs is 1. The summed E-state index contributed by atoms with van der Waals surface area (Å²) in [6, 6.07) is 3.39. The minimum absolute atomic E-state index is 0.134. The van der Waals surface area contributed by atoms with Gasteiger partial charge >= 0.3 is 5.97 Å². The highest BCUT2D eigenvalue weighted by molar-refractivity contribution is 6.33. The van der Waals surface area contributed by atoms with Gasteiger partial charge in [-0.2, -0.15) is 0 Å². The lowest BCUT2D eigenvalue weighted by atomic mass is 10.4. The van der Waals surface area contributed by atoms with Crippen LogP contribution < -0.4 is 0 Å². The maximum Gasteiger partial charge on any atom is 0.376 e. The predicted octanol–water partition coefficient (Wildman–Crippen LogP) is 1.56. The molecule has 0 aromatic carbocycles. The van der Waals surface area contributed by atoms with Crippen molar-refractivity contribution >= 4 is 23.2 Å². The van der Waals surface area contributed by atoms with Crippen molar-refractivity contribution in [3.63, 3.8) is 0 Å². The number of aromatic nitrogens is 3. The van der Waals surface area contributed by atoms with Gasteiger partial charge in [0.2, 0.25) is 5.82 Å². The molecule has 0 saturated heterocycles. The SMILES string of the molecule is CCOC(=O)c1nnc2c(Cl)cccn12. The maximum atomic E-state index is 11.4. The van der Waals surface area contributed by atoms with Crippen LogP contribution in [0.2, 0.25) is 5.02 Å². The molecule has 5 nitrogen and oxygen atoms in total. The zero-order valence-corrected chi connectivity index (χ0v) is 8.73. The standard InChI is InChI=1S/C9H8ClN3O2/c1-2-15-9(14)8-12-11-7-6(10)4-3-5-13(7)8/h3-5H,2H2,1H3. The summed E-state index contributed by atoms with van der Waals surface area (Å²) >= 11 is 5.88. The average Bonchev–Trinajstić information content (AvgIpc) is 2.63. The van der Waals surface area contributed by atoms with Gasteiger partial charge in [0, 0.05) is 6.20 Å². The molecule has 0 radical (unpaired) electrons. The molecular weight excluding hydrogens is 218 g/mol. The summed E-state index contributed by atoms with van der Waals surface area (Å²) in [6.07, 6.45) is 1.66. The second-order valence-electron chi connectivity index (χ2n) is 2.79. The van der Waals surface area contributed by atoms with Crippen molar-refractivity contribution in [3.05, 3.63) is 29.2 Å². The molecule has 78 valence electrons. The summed E-state index contributed by atoms with van der Waals surface area (Å²) in [5.74, 6) is -0.374. The number of rotatable bonds is 2. The van der Waals surface area contributed by atoms with Crippen LogP contribution in [0.15, 0.2) is 18.3 Å².